The molecule has 0 aromatic heterocycles. The molecule has 1 saturated carbocycles. The van der Waals surface area contributed by atoms with Crippen LogP contribution in [0.3, 0.4) is 0 Å². The number of ether oxygens (including phenoxy) is 1. The molecule has 0 atom stereocenters. The van der Waals surface area contributed by atoms with E-state index in [1.807, 2.05) is 12.1 Å². The molecule has 0 bridgehead atoms. The van der Waals surface area contributed by atoms with Gasteiger partial charge in [0.2, 0.25) is 0 Å². The number of rotatable bonds is 6. The van der Waals surface area contributed by atoms with Gasteiger partial charge in [0.15, 0.2) is 5.96 Å². The van der Waals surface area contributed by atoms with Crippen LogP contribution in [0.5, 0.6) is 5.75 Å². The van der Waals surface area contributed by atoms with Gasteiger partial charge in [0.05, 0.1) is 13.2 Å². The lowest BCUT2D eigenvalue weighted by Gasteiger charge is -2.27. The van der Waals surface area contributed by atoms with Gasteiger partial charge in [0.1, 0.15) is 5.75 Å². The lowest BCUT2D eigenvalue weighted by atomic mass is 9.93. The second-order valence-electron chi connectivity index (χ2n) is 6.01. The van der Waals surface area contributed by atoms with Crippen molar-refractivity contribution < 1.29 is 9.84 Å². The number of hydrogen-bond donors (Lipinski definition) is 3. The predicted molar refractivity (Wildman–Crippen MR) is 109 cm³/mol. The Hall–Kier alpha value is -1.02. The summed E-state index contributed by atoms with van der Waals surface area (Å²) in [5, 5.41) is 16.4. The molecule has 0 radical (unpaired) electrons. The van der Waals surface area contributed by atoms with Gasteiger partial charge in [-0.2, -0.15) is 0 Å². The molecule has 5 nitrogen and oxygen atoms in total. The molecule has 1 fully saturated rings. The second kappa shape index (κ2) is 11.5. The minimum atomic E-state index is -0.123. The molecule has 0 amide bonds. The number of nitrogens with one attached hydrogen (secondary N) is 2. The van der Waals surface area contributed by atoms with E-state index in [9.17, 15) is 5.11 Å². The third-order valence-electron chi connectivity index (χ3n) is 4.21. The van der Waals surface area contributed by atoms with Gasteiger partial charge in [-0.05, 0) is 56.7 Å². The van der Waals surface area contributed by atoms with E-state index in [1.54, 1.807) is 7.11 Å². The van der Waals surface area contributed by atoms with Crippen molar-refractivity contribution in [2.24, 2.45) is 4.99 Å². The summed E-state index contributed by atoms with van der Waals surface area (Å²) in [6, 6.07) is 8.54. The number of halogens is 1. The molecular formula is C18H30IN3O2. The van der Waals surface area contributed by atoms with Crippen LogP contribution in [0.25, 0.3) is 0 Å². The van der Waals surface area contributed by atoms with E-state index in [1.165, 1.54) is 5.56 Å². The maximum Gasteiger partial charge on any atom is 0.191 e. The molecule has 0 heterocycles. The van der Waals surface area contributed by atoms with Crippen LogP contribution in [0.4, 0.5) is 0 Å². The highest BCUT2D eigenvalue weighted by Crippen LogP contribution is 2.18. The first-order valence-electron chi connectivity index (χ1n) is 8.57. The Bertz CT molecular complexity index is 486. The Morgan fingerprint density at radius 2 is 1.88 bits per heavy atom. The van der Waals surface area contributed by atoms with E-state index in [2.05, 4.69) is 34.7 Å². The molecule has 1 aliphatic rings. The first-order chi connectivity index (χ1) is 11.2. The summed E-state index contributed by atoms with van der Waals surface area (Å²) in [5.41, 5.74) is 1.26. The van der Waals surface area contributed by atoms with Crippen molar-refractivity contribution in [3.63, 3.8) is 0 Å². The zero-order valence-corrected chi connectivity index (χ0v) is 17.0. The monoisotopic (exact) mass is 447 g/mol. The molecule has 0 saturated heterocycles. The zero-order chi connectivity index (χ0) is 16.5. The number of benzene rings is 1. The average Bonchev–Trinajstić information content (AvgIpc) is 2.58. The molecule has 1 aromatic rings. The first-order valence-corrected chi connectivity index (χ1v) is 8.57. The van der Waals surface area contributed by atoms with E-state index < -0.39 is 0 Å². The van der Waals surface area contributed by atoms with E-state index >= 15 is 0 Å². The third-order valence-corrected chi connectivity index (χ3v) is 4.21. The quantitative estimate of drug-likeness (QED) is 0.357. The summed E-state index contributed by atoms with van der Waals surface area (Å²) in [5.74, 6) is 1.76. The van der Waals surface area contributed by atoms with Crippen molar-refractivity contribution in [2.45, 2.75) is 51.2 Å². The predicted octanol–water partition coefficient (Wildman–Crippen LogP) is 2.71. The Morgan fingerprint density at radius 1 is 1.21 bits per heavy atom. The second-order valence-corrected chi connectivity index (χ2v) is 6.01. The normalized spacial score (nSPS) is 20.9. The summed E-state index contributed by atoms with van der Waals surface area (Å²) in [6.07, 6.45) is 4.55. The lowest BCUT2D eigenvalue weighted by Crippen LogP contribution is -2.45. The van der Waals surface area contributed by atoms with Gasteiger partial charge in [-0.3, -0.25) is 4.99 Å². The van der Waals surface area contributed by atoms with Crippen molar-refractivity contribution in [2.75, 3.05) is 20.2 Å². The Labute approximate surface area is 162 Å². The Balaban J connectivity index is 0.00000288. The highest BCUT2D eigenvalue weighted by Gasteiger charge is 2.19. The number of methoxy groups -OCH3 is 1. The van der Waals surface area contributed by atoms with Gasteiger partial charge in [0, 0.05) is 19.1 Å². The molecule has 136 valence electrons. The third kappa shape index (κ3) is 7.25. The summed E-state index contributed by atoms with van der Waals surface area (Å²) < 4.78 is 5.17. The largest absolute Gasteiger partial charge is 0.497 e. The fraction of sp³-hybridized carbons (Fsp3) is 0.611. The van der Waals surface area contributed by atoms with Gasteiger partial charge >= 0.3 is 0 Å². The topological polar surface area (TPSA) is 65.9 Å². The van der Waals surface area contributed by atoms with Crippen LogP contribution in [-0.2, 0) is 6.42 Å². The van der Waals surface area contributed by atoms with Crippen LogP contribution in [0.2, 0.25) is 0 Å². The van der Waals surface area contributed by atoms with Gasteiger partial charge in [-0.15, -0.1) is 24.0 Å². The van der Waals surface area contributed by atoms with Gasteiger partial charge < -0.3 is 20.5 Å². The van der Waals surface area contributed by atoms with Crippen LogP contribution in [0, 0.1) is 0 Å². The number of nitrogens with zero attached hydrogens (tertiary/aromatic N) is 1. The fourth-order valence-corrected chi connectivity index (χ4v) is 2.82. The smallest absolute Gasteiger partial charge is 0.191 e. The standard InChI is InChI=1S/C18H29N3O2.HI/c1-3-19-18(21-15-6-8-16(22)9-7-15)20-13-12-14-4-10-17(23-2)11-5-14;/h4-5,10-11,15-16,22H,3,6-9,12-13H2,1-2H3,(H2,19,20,21);1H. The molecule has 2 rings (SSSR count). The minimum Gasteiger partial charge on any atom is -0.497 e. The summed E-state index contributed by atoms with van der Waals surface area (Å²) >= 11 is 0. The fourth-order valence-electron chi connectivity index (χ4n) is 2.82. The Morgan fingerprint density at radius 3 is 2.46 bits per heavy atom. The molecule has 1 aliphatic carbocycles. The zero-order valence-electron chi connectivity index (χ0n) is 14.6. The van der Waals surface area contributed by atoms with Gasteiger partial charge in [-0.25, -0.2) is 0 Å². The molecule has 3 N–H and O–H groups in total. The highest BCUT2D eigenvalue weighted by molar-refractivity contribution is 14.0. The lowest BCUT2D eigenvalue weighted by molar-refractivity contribution is 0.120. The van der Waals surface area contributed by atoms with Crippen LogP contribution >= 0.6 is 24.0 Å². The molecule has 0 aliphatic heterocycles. The van der Waals surface area contributed by atoms with Crippen molar-refractivity contribution >= 4 is 29.9 Å². The SMILES string of the molecule is CCNC(=NCCc1ccc(OC)cc1)NC1CCC(O)CC1.I. The Kier molecular flexibility index (Phi) is 10.1. The van der Waals surface area contributed by atoms with Gasteiger partial charge in [0.25, 0.3) is 0 Å². The first kappa shape index (κ1) is 21.0. The van der Waals surface area contributed by atoms with Crippen LogP contribution in [-0.4, -0.2) is 43.4 Å². The van der Waals surface area contributed by atoms with Crippen molar-refractivity contribution in [1.82, 2.24) is 10.6 Å². The number of guanidine groups is 1. The van der Waals surface area contributed by atoms with Crippen molar-refractivity contribution in [3.8, 4) is 5.75 Å². The molecular weight excluding hydrogens is 417 g/mol. The number of aliphatic imine (C=N–C) groups is 1. The number of aliphatic hydroxyl groups is 1. The van der Waals surface area contributed by atoms with E-state index in [0.717, 1.165) is 56.9 Å². The summed E-state index contributed by atoms with van der Waals surface area (Å²) in [4.78, 5) is 4.67. The summed E-state index contributed by atoms with van der Waals surface area (Å²) in [7, 11) is 1.68. The average molecular weight is 447 g/mol. The van der Waals surface area contributed by atoms with Crippen molar-refractivity contribution in [3.05, 3.63) is 29.8 Å². The van der Waals surface area contributed by atoms with E-state index in [-0.39, 0.29) is 30.1 Å². The maximum absolute atomic E-state index is 9.59. The molecule has 1 aromatic carbocycles. The molecule has 0 spiro atoms. The van der Waals surface area contributed by atoms with Gasteiger partial charge in [-0.1, -0.05) is 12.1 Å². The van der Waals surface area contributed by atoms with Crippen LogP contribution in [0.1, 0.15) is 38.2 Å². The van der Waals surface area contributed by atoms with Crippen LogP contribution < -0.4 is 15.4 Å². The highest BCUT2D eigenvalue weighted by atomic mass is 127. The molecule has 0 unspecified atom stereocenters. The van der Waals surface area contributed by atoms with E-state index in [0.29, 0.717) is 6.04 Å². The van der Waals surface area contributed by atoms with Crippen LogP contribution in [0.15, 0.2) is 29.3 Å². The molecule has 24 heavy (non-hydrogen) atoms. The minimum absolute atomic E-state index is 0. The number of hydrogen-bond acceptors (Lipinski definition) is 3. The number of aliphatic hydroxyl groups excluding tert-OH is 1. The summed E-state index contributed by atoms with van der Waals surface area (Å²) in [6.45, 7) is 3.67. The van der Waals surface area contributed by atoms with Crippen molar-refractivity contribution in [1.29, 1.82) is 0 Å². The molecule has 6 heteroatoms. The maximum atomic E-state index is 9.59. The van der Waals surface area contributed by atoms with E-state index in [4.69, 9.17) is 4.74 Å².